The molecule has 118 heavy (non-hydrogen) atoms. The van der Waals surface area contributed by atoms with Crippen LogP contribution < -0.4 is 84.9 Å². The number of rotatable bonds is 17. The van der Waals surface area contributed by atoms with Gasteiger partial charge in [-0.3, -0.25) is 67.1 Å². The minimum atomic E-state index is -2.75. The molecule has 1 aromatic heterocycles. The number of aliphatic hydroxyl groups excluding tert-OH is 9. The molecule has 640 valence electrons. The van der Waals surface area contributed by atoms with Crippen LogP contribution in [0.5, 0.6) is 0 Å². The smallest absolute Gasteiger partial charge is 0.251 e. The molecule has 14 amide bonds. The fourth-order valence-electron chi connectivity index (χ4n) is 12.7. The molecule has 1 fully saturated rings. The number of aliphatic hydroxyl groups is 9. The minimum absolute atomic E-state index is 0.288. The van der Waals surface area contributed by atoms with Gasteiger partial charge in [0.25, 0.3) is 5.91 Å². The fourth-order valence-corrected chi connectivity index (χ4v) is 12.9. The maximum absolute atomic E-state index is 15.3. The van der Waals surface area contributed by atoms with Crippen LogP contribution in [0.25, 0.3) is 6.08 Å². The van der Waals surface area contributed by atoms with Crippen LogP contribution in [0.3, 0.4) is 0 Å². The summed E-state index contributed by atoms with van der Waals surface area (Å²) in [5.74, 6) is -22.8. The van der Waals surface area contributed by atoms with Gasteiger partial charge in [0.15, 0.2) is 6.10 Å². The van der Waals surface area contributed by atoms with Gasteiger partial charge in [0.2, 0.25) is 89.3 Å². The number of primary amides is 2. The van der Waals surface area contributed by atoms with E-state index in [9.17, 15) is 113 Å². The zero-order valence-electron chi connectivity index (χ0n) is 63.9. The Bertz CT molecular complexity index is 4330. The molecule has 3 aliphatic rings. The van der Waals surface area contributed by atoms with Gasteiger partial charge in [-0.25, -0.2) is 9.13 Å². The van der Waals surface area contributed by atoms with E-state index in [0.717, 1.165) is 28.6 Å². The Balaban J connectivity index is 1.43. The number of nitrogens with zero attached hydrogens (tertiary/aromatic N) is 2. The molecule has 43 heteroatoms. The van der Waals surface area contributed by atoms with Crippen molar-refractivity contribution in [2.45, 2.75) is 194 Å². The Labute approximate surface area is 681 Å². The lowest BCUT2D eigenvalue weighted by atomic mass is 9.92. The highest BCUT2D eigenvalue weighted by molar-refractivity contribution is 9.10. The number of carbonyl (C=O) groups is 15. The monoisotopic (exact) mass is 1720 g/mol. The van der Waals surface area contributed by atoms with Crippen LogP contribution in [0.15, 0.2) is 120 Å². The van der Waals surface area contributed by atoms with Gasteiger partial charge in [-0.2, -0.15) is 0 Å². The van der Waals surface area contributed by atoms with Crippen molar-refractivity contribution in [3.63, 3.8) is 0 Å². The second kappa shape index (κ2) is 44.2. The van der Waals surface area contributed by atoms with Crippen molar-refractivity contribution < 1.29 is 132 Å². The summed E-state index contributed by atoms with van der Waals surface area (Å²) in [4.78, 5) is 214. The average Bonchev–Trinajstić information content (AvgIpc) is 1.60. The number of amides is 14. The number of halogens is 1. The molecule has 0 unspecified atom stereocenters. The number of aliphatic carboxylic acids is 1. The quantitative estimate of drug-likeness (QED) is 0.0345. The maximum Gasteiger partial charge on any atom is 0.251 e. The van der Waals surface area contributed by atoms with Gasteiger partial charge in [0.05, 0.1) is 63.0 Å². The largest absolute Gasteiger partial charge is 0.548 e. The number of carboxylic acids is 1. The molecule has 42 nitrogen and oxygen atoms in total. The Hall–Kier alpha value is -11.5. The molecule has 3 aliphatic heterocycles. The van der Waals surface area contributed by atoms with Crippen molar-refractivity contribution in [1.82, 2.24) is 68.4 Å². The summed E-state index contributed by atoms with van der Waals surface area (Å²) in [6, 6.07) is -0.456. The summed E-state index contributed by atoms with van der Waals surface area (Å²) in [5.41, 5.74) is 12.5. The van der Waals surface area contributed by atoms with Crippen molar-refractivity contribution in [2.75, 3.05) is 26.4 Å². The summed E-state index contributed by atoms with van der Waals surface area (Å²) in [5, 5.41) is 141. The number of nitrogens with two attached hydrogens (primary N) is 2. The number of imidazole rings is 1. The molecule has 1 saturated heterocycles. The Kier molecular flexibility index (Phi) is 35.0. The van der Waals surface area contributed by atoms with E-state index in [1.165, 1.54) is 37.3 Å². The molecule has 7 rings (SSSR count). The number of hydrogen-bond acceptors (Lipinski definition) is 26. The molecular formula is C75H97BrN16O26. The highest BCUT2D eigenvalue weighted by atomic mass is 79.9. The van der Waals surface area contributed by atoms with Crippen LogP contribution >= 0.6 is 15.9 Å². The molecule has 0 radical (unpaired) electrons. The van der Waals surface area contributed by atoms with Crippen LogP contribution in [-0.2, 0) is 96.0 Å². The van der Waals surface area contributed by atoms with Crippen molar-refractivity contribution in [3.8, 4) is 0 Å². The maximum atomic E-state index is 15.3. The first-order valence-corrected chi connectivity index (χ1v) is 37.9. The van der Waals surface area contributed by atoms with E-state index in [0.29, 0.717) is 21.2 Å². The number of carbonyl (C=O) groups excluding carboxylic acids is 15. The lowest BCUT2D eigenvalue weighted by Crippen LogP contribution is -2.64. The molecule has 0 spiro atoms. The van der Waals surface area contributed by atoms with Gasteiger partial charge in [0, 0.05) is 36.1 Å². The second-order valence-corrected chi connectivity index (χ2v) is 29.3. The van der Waals surface area contributed by atoms with Crippen molar-refractivity contribution in [2.24, 2.45) is 11.5 Å². The predicted octanol–water partition coefficient (Wildman–Crippen LogP) is -11.0. The number of hydrogen-bond donors (Lipinski definition) is 23. The Morgan fingerprint density at radius 2 is 1.20 bits per heavy atom. The Morgan fingerprint density at radius 3 is 1.83 bits per heavy atom. The van der Waals surface area contributed by atoms with Crippen LogP contribution in [0.1, 0.15) is 87.4 Å². The third kappa shape index (κ3) is 27.0. The first-order chi connectivity index (χ1) is 55.9. The summed E-state index contributed by atoms with van der Waals surface area (Å²) < 4.78 is 8.27. The molecule has 4 aromatic rings. The number of carboxylic acid groups (broad SMARTS) is 1. The van der Waals surface area contributed by atoms with E-state index in [1.54, 1.807) is 79.7 Å². The van der Waals surface area contributed by atoms with Gasteiger partial charge >= 0.3 is 0 Å². The number of ether oxygens (including phenoxy) is 1. The Morgan fingerprint density at radius 1 is 0.627 bits per heavy atom. The van der Waals surface area contributed by atoms with Gasteiger partial charge in [-0.1, -0.05) is 119 Å². The number of aromatic nitrogens is 2. The summed E-state index contributed by atoms with van der Waals surface area (Å²) in [7, 11) is 0. The molecular weight excluding hydrogens is 1620 g/mol. The molecule has 0 aliphatic carbocycles. The standard InChI is InChI=1S/C75H97BrN16O26/c1-35(17-18-38-11-6-4-7-12-38)23-51(96)44-27-56(101)81-49(31-93)68(110)86-48-30-91-29-42(92(34-91)74-62(104)60(102)53(98)33-118-74)25-46(65(107)89-58(37(3)95)72(114)87-50(32-94)69(111)84-45(64(106)83-44)24-39-13-8-5-9-14-39)80-55(100)16-10-15-43(75(116)117)82-70(112)52(97)28-79-71(113)57(36(2)40-19-21-41(76)22-20-40)88-73(115)59(61(103)63(78)105)90-66(108)47(26-54(77)99)85-67(48)109/h4-9,11-14,17-23,29,34,36-37,43-53,57-62,74,93-98,102-104H,10,15-16,24-28,30-33H2,1-3H3,(H16-,77,78,79,80,81,82,83,84,85,86,87,88,89,90,99,100,101,105,106,107,108,109,110,111,112,113,114,115,116,117)/b18-17+,35-23+/t36-,37-,43-,44-,45-,46-,47-,48+,49-,50-,51-,52+,53+,57-,58-,59-,60+,61+,62-,74-/m0/s1. The first kappa shape index (κ1) is 93.6. The normalized spacial score (nSPS) is 28.0. The number of allylic oxidation sites excluding steroid dienone is 2. The number of β-amino-alcohol motifs (C(OH)–C–C–N with tert-alkyl or cyclic N) is 1. The number of benzene rings is 3. The molecule has 4 bridgehead atoms. The fraction of sp³-hybridized carbons (Fsp3) is 0.467. The third-order valence-electron chi connectivity index (χ3n) is 19.3. The topological polar surface area (TPSA) is 676 Å². The van der Waals surface area contributed by atoms with Crippen molar-refractivity contribution in [3.05, 3.63) is 142 Å². The summed E-state index contributed by atoms with van der Waals surface area (Å²) >= 11 is 3.29. The molecule has 20 atom stereocenters. The van der Waals surface area contributed by atoms with Crippen molar-refractivity contribution >= 4 is 111 Å². The summed E-state index contributed by atoms with van der Waals surface area (Å²) in [6.07, 6.45) is -15.7. The number of fused-ring (bicyclic) bond motifs is 2. The van der Waals surface area contributed by atoms with Gasteiger partial charge < -0.3 is 136 Å². The zero-order chi connectivity index (χ0) is 86.9. The third-order valence-corrected chi connectivity index (χ3v) is 19.8. The summed E-state index contributed by atoms with van der Waals surface area (Å²) in [6.45, 7) is -1.48. The lowest BCUT2D eigenvalue weighted by Gasteiger charge is -2.33. The van der Waals surface area contributed by atoms with E-state index in [-0.39, 0.29) is 17.7 Å². The molecule has 3 aromatic carbocycles. The minimum Gasteiger partial charge on any atom is -0.548 e. The predicted molar refractivity (Wildman–Crippen MR) is 408 cm³/mol. The van der Waals surface area contributed by atoms with Crippen LogP contribution in [-0.4, -0.2) is 275 Å². The van der Waals surface area contributed by atoms with Crippen LogP contribution in [0, 0.1) is 0 Å². The highest BCUT2D eigenvalue weighted by Gasteiger charge is 2.46. The van der Waals surface area contributed by atoms with Gasteiger partial charge in [0.1, 0.15) is 97.2 Å². The molecule has 25 N–H and O–H groups in total. The van der Waals surface area contributed by atoms with Crippen LogP contribution in [0.4, 0.5) is 0 Å². The SMILES string of the molecule is CC(/C=C/c1ccccc1)=C\[C@H](O)[C@@H]1CC(=O)N[C@@H](CO)C(=O)N[C@@H]2C[n+]3cc(n([C@H]4OC[C@@H](O)[C@@H](O)[C@@H]4O)c3)C[C@H](NC(=O)CCC[C@@H](C(=O)[O-])NC(=O)[C@H](O)CNC(=O)[C@H]([C@@H](C)c3ccc(Br)cc3)NC(=O)[C@H]([C@@H](O)C(N)=O)NC(=O)[C@H](CC(N)=O)NC2=O)C(=O)N[C@@H]([C@H](C)O)C(=O)N[C@@H](CO)C(=O)N[C@@H](Cc2ccccc2)C(=O)N1. The van der Waals surface area contributed by atoms with E-state index < -0.39 is 281 Å². The highest BCUT2D eigenvalue weighted by Crippen LogP contribution is 2.27. The molecule has 4 heterocycles. The van der Waals surface area contributed by atoms with Crippen LogP contribution in [0.2, 0.25) is 0 Å². The van der Waals surface area contributed by atoms with E-state index in [2.05, 4.69) is 69.1 Å². The lowest BCUT2D eigenvalue weighted by molar-refractivity contribution is -0.697. The first-order valence-electron chi connectivity index (χ1n) is 37.2. The second-order valence-electron chi connectivity index (χ2n) is 28.4. The van der Waals surface area contributed by atoms with Crippen molar-refractivity contribution in [1.29, 1.82) is 0 Å². The molecule has 0 saturated carbocycles. The van der Waals surface area contributed by atoms with E-state index in [1.807, 2.05) is 10.6 Å². The van der Waals surface area contributed by atoms with Gasteiger partial charge in [-0.05, 0) is 55.5 Å². The van der Waals surface area contributed by atoms with Gasteiger partial charge in [-0.15, -0.1) is 0 Å². The number of nitrogens with one attached hydrogen (secondary N) is 12. The van der Waals surface area contributed by atoms with E-state index >= 15 is 9.59 Å². The van der Waals surface area contributed by atoms with E-state index in [4.69, 9.17) is 16.2 Å². The zero-order valence-corrected chi connectivity index (χ0v) is 65.5. The average molecular weight is 1720 g/mol.